The minimum Gasteiger partial charge on any atom is -0.340 e. The third kappa shape index (κ3) is 2.87. The Kier molecular flexibility index (Phi) is 3.95. The smallest absolute Gasteiger partial charge is 0.130 e. The molecule has 0 saturated carbocycles. The molecule has 3 nitrogen and oxygen atoms in total. The molecule has 0 aliphatic rings. The Labute approximate surface area is 108 Å². The number of aromatic nitrogens is 1. The number of hydrogen-bond donors (Lipinski definition) is 2. The summed E-state index contributed by atoms with van der Waals surface area (Å²) < 4.78 is 0. The summed E-state index contributed by atoms with van der Waals surface area (Å²) in [6.07, 6.45) is 2.79. The number of nitrogens with two attached hydrogens (primary N) is 1. The number of nitrogens with zero attached hydrogens (tertiary/aromatic N) is 1. The molecular formula is C15H19N3. The van der Waals surface area contributed by atoms with Gasteiger partial charge in [-0.25, -0.2) is 4.98 Å². The van der Waals surface area contributed by atoms with E-state index in [1.807, 2.05) is 42.6 Å². The van der Waals surface area contributed by atoms with Crippen LogP contribution in [0, 0.1) is 6.92 Å². The molecule has 0 unspecified atom stereocenters. The molecule has 94 valence electrons. The van der Waals surface area contributed by atoms with Gasteiger partial charge in [-0.2, -0.15) is 0 Å². The molecule has 0 radical (unpaired) electrons. The molecule has 0 fully saturated rings. The largest absolute Gasteiger partial charge is 0.340 e. The van der Waals surface area contributed by atoms with E-state index in [0.717, 1.165) is 23.5 Å². The van der Waals surface area contributed by atoms with E-state index in [2.05, 4.69) is 24.1 Å². The van der Waals surface area contributed by atoms with Gasteiger partial charge in [-0.05, 0) is 42.7 Å². The van der Waals surface area contributed by atoms with E-state index in [1.54, 1.807) is 0 Å². The summed E-state index contributed by atoms with van der Waals surface area (Å²) in [5.74, 6) is 0.853. The maximum Gasteiger partial charge on any atom is 0.130 e. The highest BCUT2D eigenvalue weighted by Crippen LogP contribution is 2.21. The SMILES string of the molecule is CC[C@@H](N)c1cnc(Nc2ccccc2)cc1C. The molecule has 18 heavy (non-hydrogen) atoms. The first kappa shape index (κ1) is 12.6. The van der Waals surface area contributed by atoms with Crippen LogP contribution in [0.25, 0.3) is 0 Å². The van der Waals surface area contributed by atoms with Gasteiger partial charge >= 0.3 is 0 Å². The predicted octanol–water partition coefficient (Wildman–Crippen LogP) is 3.54. The molecule has 0 bridgehead atoms. The molecule has 0 amide bonds. The minimum atomic E-state index is 0.0725. The average molecular weight is 241 g/mol. The lowest BCUT2D eigenvalue weighted by Gasteiger charge is -2.13. The van der Waals surface area contributed by atoms with Crippen LogP contribution in [0.2, 0.25) is 0 Å². The minimum absolute atomic E-state index is 0.0725. The fourth-order valence-electron chi connectivity index (χ4n) is 1.91. The van der Waals surface area contributed by atoms with Gasteiger partial charge < -0.3 is 11.1 Å². The lowest BCUT2D eigenvalue weighted by Crippen LogP contribution is -2.11. The standard InChI is InChI=1S/C15H19N3/c1-3-14(16)13-10-17-15(9-11(13)2)18-12-7-5-4-6-8-12/h4-10,14H,3,16H2,1-2H3,(H,17,18)/t14-/m1/s1. The number of anilines is 2. The second-order valence-electron chi connectivity index (χ2n) is 4.43. The van der Waals surface area contributed by atoms with Crippen molar-refractivity contribution in [3.8, 4) is 0 Å². The summed E-state index contributed by atoms with van der Waals surface area (Å²) >= 11 is 0. The fraction of sp³-hybridized carbons (Fsp3) is 0.267. The first-order valence-corrected chi connectivity index (χ1v) is 6.25. The molecule has 2 rings (SSSR count). The van der Waals surface area contributed by atoms with Crippen molar-refractivity contribution < 1.29 is 0 Å². The Morgan fingerprint density at radius 3 is 2.61 bits per heavy atom. The highest BCUT2D eigenvalue weighted by molar-refractivity contribution is 5.56. The van der Waals surface area contributed by atoms with Crippen molar-refractivity contribution in [3.63, 3.8) is 0 Å². The second-order valence-corrected chi connectivity index (χ2v) is 4.43. The van der Waals surface area contributed by atoms with Crippen LogP contribution in [-0.4, -0.2) is 4.98 Å². The molecule has 0 aliphatic heterocycles. The van der Waals surface area contributed by atoms with Crippen LogP contribution < -0.4 is 11.1 Å². The summed E-state index contributed by atoms with van der Waals surface area (Å²) in [5.41, 5.74) is 9.38. The lowest BCUT2D eigenvalue weighted by atomic mass is 10.0. The van der Waals surface area contributed by atoms with Gasteiger partial charge in [0.2, 0.25) is 0 Å². The number of rotatable bonds is 4. The van der Waals surface area contributed by atoms with Gasteiger partial charge in [0.15, 0.2) is 0 Å². The van der Waals surface area contributed by atoms with Crippen molar-refractivity contribution in [3.05, 3.63) is 53.7 Å². The third-order valence-electron chi connectivity index (χ3n) is 3.04. The van der Waals surface area contributed by atoms with Gasteiger partial charge in [-0.3, -0.25) is 0 Å². The zero-order valence-corrected chi connectivity index (χ0v) is 10.9. The molecule has 3 N–H and O–H groups in total. The molecule has 0 spiro atoms. The maximum atomic E-state index is 6.04. The molecule has 0 aliphatic carbocycles. The Morgan fingerprint density at radius 2 is 2.00 bits per heavy atom. The summed E-state index contributed by atoms with van der Waals surface area (Å²) in [5, 5.41) is 3.28. The topological polar surface area (TPSA) is 50.9 Å². The Morgan fingerprint density at radius 1 is 1.28 bits per heavy atom. The number of hydrogen-bond acceptors (Lipinski definition) is 3. The van der Waals surface area contributed by atoms with Crippen LogP contribution in [0.4, 0.5) is 11.5 Å². The Hall–Kier alpha value is -1.87. The summed E-state index contributed by atoms with van der Waals surface area (Å²) in [6, 6.07) is 12.1. The van der Waals surface area contributed by atoms with Gasteiger partial charge in [-0.1, -0.05) is 25.1 Å². The number of nitrogens with one attached hydrogen (secondary N) is 1. The predicted molar refractivity (Wildman–Crippen MR) is 75.9 cm³/mol. The van der Waals surface area contributed by atoms with Gasteiger partial charge in [0, 0.05) is 17.9 Å². The highest BCUT2D eigenvalue weighted by Gasteiger charge is 2.08. The zero-order valence-electron chi connectivity index (χ0n) is 10.9. The second kappa shape index (κ2) is 5.65. The summed E-state index contributed by atoms with van der Waals surface area (Å²) in [7, 11) is 0. The van der Waals surface area contributed by atoms with E-state index in [-0.39, 0.29) is 6.04 Å². The zero-order chi connectivity index (χ0) is 13.0. The van der Waals surface area contributed by atoms with E-state index in [1.165, 1.54) is 5.56 Å². The van der Waals surface area contributed by atoms with Crippen LogP contribution in [0.3, 0.4) is 0 Å². The van der Waals surface area contributed by atoms with Gasteiger partial charge in [0.25, 0.3) is 0 Å². The molecule has 2 aromatic rings. The number of benzene rings is 1. The first-order valence-electron chi connectivity index (χ1n) is 6.25. The van der Waals surface area contributed by atoms with E-state index < -0.39 is 0 Å². The summed E-state index contributed by atoms with van der Waals surface area (Å²) in [4.78, 5) is 4.41. The quantitative estimate of drug-likeness (QED) is 0.860. The van der Waals surface area contributed by atoms with Crippen LogP contribution >= 0.6 is 0 Å². The highest BCUT2D eigenvalue weighted by atomic mass is 15.0. The normalized spacial score (nSPS) is 12.2. The monoisotopic (exact) mass is 241 g/mol. The molecular weight excluding hydrogens is 222 g/mol. The van der Waals surface area contributed by atoms with Gasteiger partial charge in [0.05, 0.1) is 0 Å². The summed E-state index contributed by atoms with van der Waals surface area (Å²) in [6.45, 7) is 4.16. The van der Waals surface area contributed by atoms with E-state index >= 15 is 0 Å². The first-order chi connectivity index (χ1) is 8.70. The van der Waals surface area contributed by atoms with Crippen LogP contribution in [-0.2, 0) is 0 Å². The number of pyridine rings is 1. The molecule has 1 heterocycles. The van der Waals surface area contributed by atoms with E-state index in [9.17, 15) is 0 Å². The van der Waals surface area contributed by atoms with Crippen LogP contribution in [0.5, 0.6) is 0 Å². The lowest BCUT2D eigenvalue weighted by molar-refractivity contribution is 0.690. The van der Waals surface area contributed by atoms with Crippen molar-refractivity contribution in [1.29, 1.82) is 0 Å². The van der Waals surface area contributed by atoms with Crippen molar-refractivity contribution in [2.24, 2.45) is 5.73 Å². The fourth-order valence-corrected chi connectivity index (χ4v) is 1.91. The van der Waals surface area contributed by atoms with Gasteiger partial charge in [-0.15, -0.1) is 0 Å². The Balaban J connectivity index is 2.19. The van der Waals surface area contributed by atoms with Gasteiger partial charge in [0.1, 0.15) is 5.82 Å². The van der Waals surface area contributed by atoms with Crippen LogP contribution in [0.15, 0.2) is 42.6 Å². The van der Waals surface area contributed by atoms with Crippen molar-refractivity contribution in [2.45, 2.75) is 26.3 Å². The molecule has 0 saturated heterocycles. The van der Waals surface area contributed by atoms with E-state index in [4.69, 9.17) is 5.73 Å². The van der Waals surface area contributed by atoms with Crippen molar-refractivity contribution in [2.75, 3.05) is 5.32 Å². The molecule has 3 heteroatoms. The van der Waals surface area contributed by atoms with Crippen LogP contribution in [0.1, 0.15) is 30.5 Å². The molecule has 1 aromatic heterocycles. The molecule has 1 atom stereocenters. The van der Waals surface area contributed by atoms with Crippen molar-refractivity contribution >= 4 is 11.5 Å². The van der Waals surface area contributed by atoms with E-state index in [0.29, 0.717) is 0 Å². The average Bonchev–Trinajstić information content (AvgIpc) is 2.39. The number of aryl methyl sites for hydroxylation is 1. The molecule has 1 aromatic carbocycles. The number of para-hydroxylation sites is 1. The third-order valence-corrected chi connectivity index (χ3v) is 3.04. The maximum absolute atomic E-state index is 6.04. The van der Waals surface area contributed by atoms with Crippen molar-refractivity contribution in [1.82, 2.24) is 4.98 Å². The Bertz CT molecular complexity index is 508.